The summed E-state index contributed by atoms with van der Waals surface area (Å²) >= 11 is 0. The van der Waals surface area contributed by atoms with Crippen molar-refractivity contribution in [1.29, 1.82) is 0 Å². The molecule has 44 heavy (non-hydrogen) atoms. The second kappa shape index (κ2) is 11.2. The van der Waals surface area contributed by atoms with Gasteiger partial charge in [0.2, 0.25) is 0 Å². The molecule has 4 aromatic carbocycles. The zero-order valence-corrected chi connectivity index (χ0v) is 27.2. The predicted octanol–water partition coefficient (Wildman–Crippen LogP) is 7.29. The van der Waals surface area contributed by atoms with Gasteiger partial charge in [-0.05, 0) is 99.7 Å². The standard InChI is InChI=1S/C38H42B2O4/c1-35(2)36(3,4)42-39(41-35)31-23-19-29(20-24-31)33(27-15-11-9-12-16-27)34(28-17-13-10-14-18-28)30-21-25-32(26-22-30)40-43-37(5,6)38(7,8)44-40/h9-26H,1-8H3/b34-33+. The molecule has 0 N–H and O–H groups in total. The van der Waals surface area contributed by atoms with Gasteiger partial charge in [-0.15, -0.1) is 0 Å². The van der Waals surface area contributed by atoms with E-state index in [-0.39, 0.29) is 0 Å². The molecule has 0 spiro atoms. The topological polar surface area (TPSA) is 36.9 Å². The first-order valence-electron chi connectivity index (χ1n) is 15.6. The molecule has 0 aromatic heterocycles. The van der Waals surface area contributed by atoms with E-state index in [0.29, 0.717) is 0 Å². The molecule has 0 amide bonds. The third-order valence-electron chi connectivity index (χ3n) is 9.82. The third kappa shape index (κ3) is 5.61. The molecular formula is C38H42B2O4. The third-order valence-corrected chi connectivity index (χ3v) is 9.82. The lowest BCUT2D eigenvalue weighted by Gasteiger charge is -2.32. The molecule has 0 atom stereocenters. The Balaban J connectivity index is 1.45. The average Bonchev–Trinajstić information content (AvgIpc) is 3.36. The Morgan fingerprint density at radius 1 is 0.364 bits per heavy atom. The molecule has 0 unspecified atom stereocenters. The number of hydrogen-bond donors (Lipinski definition) is 0. The number of hydrogen-bond acceptors (Lipinski definition) is 4. The maximum Gasteiger partial charge on any atom is 0.494 e. The van der Waals surface area contributed by atoms with Crippen LogP contribution in [0.5, 0.6) is 0 Å². The summed E-state index contributed by atoms with van der Waals surface area (Å²) in [4.78, 5) is 0. The summed E-state index contributed by atoms with van der Waals surface area (Å²) in [7, 11) is -0.816. The van der Waals surface area contributed by atoms with E-state index in [4.69, 9.17) is 18.6 Å². The summed E-state index contributed by atoms with van der Waals surface area (Å²) in [6.45, 7) is 16.7. The molecule has 0 bridgehead atoms. The van der Waals surface area contributed by atoms with Crippen LogP contribution in [0.4, 0.5) is 0 Å². The average molecular weight is 584 g/mol. The first-order chi connectivity index (χ1) is 20.8. The first kappa shape index (κ1) is 30.6. The van der Waals surface area contributed by atoms with Crippen LogP contribution in [0.1, 0.15) is 77.6 Å². The molecule has 0 saturated carbocycles. The largest absolute Gasteiger partial charge is 0.494 e. The maximum absolute atomic E-state index is 6.35. The van der Waals surface area contributed by atoms with Crippen LogP contribution in [0.2, 0.25) is 0 Å². The molecule has 4 nitrogen and oxygen atoms in total. The van der Waals surface area contributed by atoms with Crippen LogP contribution in [0.15, 0.2) is 109 Å². The van der Waals surface area contributed by atoms with Crippen LogP contribution in [-0.4, -0.2) is 36.6 Å². The van der Waals surface area contributed by atoms with Crippen molar-refractivity contribution in [3.63, 3.8) is 0 Å². The lowest BCUT2D eigenvalue weighted by Crippen LogP contribution is -2.41. The van der Waals surface area contributed by atoms with Gasteiger partial charge < -0.3 is 18.6 Å². The Kier molecular flexibility index (Phi) is 7.78. The second-order valence-corrected chi connectivity index (χ2v) is 13.9. The second-order valence-electron chi connectivity index (χ2n) is 13.9. The molecule has 2 aliphatic heterocycles. The Morgan fingerprint density at radius 2 is 0.614 bits per heavy atom. The van der Waals surface area contributed by atoms with Crippen LogP contribution in [0.3, 0.4) is 0 Å². The Morgan fingerprint density at radius 3 is 0.886 bits per heavy atom. The van der Waals surface area contributed by atoms with Crippen LogP contribution in [0.25, 0.3) is 11.1 Å². The lowest BCUT2D eigenvalue weighted by molar-refractivity contribution is 0.00578. The van der Waals surface area contributed by atoms with Crippen molar-refractivity contribution in [3.05, 3.63) is 131 Å². The van der Waals surface area contributed by atoms with Crippen molar-refractivity contribution in [1.82, 2.24) is 0 Å². The van der Waals surface area contributed by atoms with Gasteiger partial charge in [0.15, 0.2) is 0 Å². The molecule has 6 rings (SSSR count). The summed E-state index contributed by atoms with van der Waals surface area (Å²) in [5, 5.41) is 0. The van der Waals surface area contributed by atoms with E-state index in [1.54, 1.807) is 0 Å². The summed E-state index contributed by atoms with van der Waals surface area (Å²) < 4.78 is 25.4. The smallest absolute Gasteiger partial charge is 0.399 e. The highest BCUT2D eigenvalue weighted by Gasteiger charge is 2.52. The van der Waals surface area contributed by atoms with Crippen LogP contribution < -0.4 is 10.9 Å². The summed E-state index contributed by atoms with van der Waals surface area (Å²) in [6, 6.07) is 38.5. The molecule has 2 aliphatic rings. The minimum atomic E-state index is -0.408. The SMILES string of the molecule is CC1(C)OB(c2ccc(/C(=C(\c3ccccc3)c3ccc(B4OC(C)(C)C(C)(C)O4)cc3)c3ccccc3)cc2)OC1(C)C. The Bertz CT molecular complexity index is 1480. The highest BCUT2D eigenvalue weighted by atomic mass is 16.7. The molecule has 0 radical (unpaired) electrons. The normalized spacial score (nSPS) is 20.5. The minimum absolute atomic E-state index is 0.391. The van der Waals surface area contributed by atoms with Gasteiger partial charge in [-0.2, -0.15) is 0 Å². The van der Waals surface area contributed by atoms with Gasteiger partial charge in [0.1, 0.15) is 0 Å². The fourth-order valence-electron chi connectivity index (χ4n) is 5.69. The minimum Gasteiger partial charge on any atom is -0.399 e. The van der Waals surface area contributed by atoms with Crippen molar-refractivity contribution in [2.75, 3.05) is 0 Å². The van der Waals surface area contributed by atoms with Crippen LogP contribution >= 0.6 is 0 Å². The van der Waals surface area contributed by atoms with Gasteiger partial charge in [0.25, 0.3) is 0 Å². The van der Waals surface area contributed by atoms with Crippen molar-refractivity contribution >= 4 is 36.3 Å². The van der Waals surface area contributed by atoms with Gasteiger partial charge in [-0.25, -0.2) is 0 Å². The van der Waals surface area contributed by atoms with E-state index in [9.17, 15) is 0 Å². The van der Waals surface area contributed by atoms with Crippen LogP contribution in [-0.2, 0) is 18.6 Å². The van der Waals surface area contributed by atoms with Crippen molar-refractivity contribution in [3.8, 4) is 0 Å². The van der Waals surface area contributed by atoms with Crippen molar-refractivity contribution < 1.29 is 18.6 Å². The highest BCUT2D eigenvalue weighted by Crippen LogP contribution is 2.39. The summed E-state index contributed by atoms with van der Waals surface area (Å²) in [5.41, 5.74) is 7.28. The zero-order valence-electron chi connectivity index (χ0n) is 27.2. The molecule has 2 heterocycles. The maximum atomic E-state index is 6.35. The fourth-order valence-corrected chi connectivity index (χ4v) is 5.69. The fraction of sp³-hybridized carbons (Fsp3) is 0.316. The molecular weight excluding hydrogens is 542 g/mol. The van der Waals surface area contributed by atoms with Crippen molar-refractivity contribution in [2.45, 2.75) is 77.8 Å². The molecule has 2 fully saturated rings. The highest BCUT2D eigenvalue weighted by molar-refractivity contribution is 6.62. The quantitative estimate of drug-likeness (QED) is 0.176. The summed E-state index contributed by atoms with van der Waals surface area (Å²) in [6.07, 6.45) is 0. The van der Waals surface area contributed by atoms with E-state index in [1.807, 2.05) is 0 Å². The Labute approximate surface area is 263 Å². The first-order valence-corrected chi connectivity index (χ1v) is 15.6. The molecule has 2 saturated heterocycles. The number of rotatable bonds is 6. The lowest BCUT2D eigenvalue weighted by atomic mass is 9.76. The number of benzene rings is 4. The van der Waals surface area contributed by atoms with Crippen LogP contribution in [0, 0.1) is 0 Å². The molecule has 224 valence electrons. The van der Waals surface area contributed by atoms with E-state index < -0.39 is 36.6 Å². The zero-order chi connectivity index (χ0) is 31.3. The molecule has 0 aliphatic carbocycles. The van der Waals surface area contributed by atoms with Gasteiger partial charge in [0.05, 0.1) is 22.4 Å². The van der Waals surface area contributed by atoms with E-state index in [2.05, 4.69) is 165 Å². The van der Waals surface area contributed by atoms with E-state index in [0.717, 1.165) is 44.3 Å². The van der Waals surface area contributed by atoms with E-state index in [1.165, 1.54) is 0 Å². The van der Waals surface area contributed by atoms with E-state index >= 15 is 0 Å². The Hall–Kier alpha value is -3.41. The van der Waals surface area contributed by atoms with Gasteiger partial charge in [-0.3, -0.25) is 0 Å². The van der Waals surface area contributed by atoms with Gasteiger partial charge in [0, 0.05) is 0 Å². The summed E-state index contributed by atoms with van der Waals surface area (Å²) in [5.74, 6) is 0. The monoisotopic (exact) mass is 584 g/mol. The predicted molar refractivity (Wildman–Crippen MR) is 182 cm³/mol. The molecule has 4 aromatic rings. The van der Waals surface area contributed by atoms with Gasteiger partial charge >= 0.3 is 14.2 Å². The molecule has 6 heteroatoms. The van der Waals surface area contributed by atoms with Gasteiger partial charge in [-0.1, -0.05) is 109 Å². The van der Waals surface area contributed by atoms with Crippen molar-refractivity contribution in [2.24, 2.45) is 0 Å².